The minimum atomic E-state index is -3.59. The van der Waals surface area contributed by atoms with Gasteiger partial charge in [0.05, 0.1) is 4.90 Å². The van der Waals surface area contributed by atoms with Crippen LogP contribution in [0.15, 0.2) is 17.0 Å². The van der Waals surface area contributed by atoms with Gasteiger partial charge in [0.15, 0.2) is 0 Å². The Bertz CT molecular complexity index is 600. The summed E-state index contributed by atoms with van der Waals surface area (Å²) < 4.78 is 27.6. The minimum absolute atomic E-state index is 0.0503. The lowest BCUT2D eigenvalue weighted by Crippen LogP contribution is -2.33. The first kappa shape index (κ1) is 17.7. The van der Waals surface area contributed by atoms with E-state index in [0.717, 1.165) is 16.7 Å². The Hall–Kier alpha value is -1.40. The average molecular weight is 313 g/mol. The van der Waals surface area contributed by atoms with Crippen molar-refractivity contribution in [1.29, 1.82) is 0 Å². The molecule has 0 aromatic heterocycles. The molecule has 1 atom stereocenters. The van der Waals surface area contributed by atoms with Crippen molar-refractivity contribution in [2.45, 2.75) is 57.9 Å². The number of carboxylic acids is 1. The first-order chi connectivity index (χ1) is 9.63. The highest BCUT2D eigenvalue weighted by molar-refractivity contribution is 7.89. The molecule has 0 saturated carbocycles. The molecule has 0 aliphatic carbocycles. The van der Waals surface area contributed by atoms with E-state index < -0.39 is 16.0 Å². The number of carbonyl (C=O) groups is 1. The quantitative estimate of drug-likeness (QED) is 0.810. The summed E-state index contributed by atoms with van der Waals surface area (Å²) in [6.07, 6.45) is 0.995. The molecule has 21 heavy (non-hydrogen) atoms. The molecule has 0 spiro atoms. The zero-order valence-corrected chi connectivity index (χ0v) is 13.8. The third-order valence-corrected chi connectivity index (χ3v) is 5.15. The molecule has 0 aliphatic heterocycles. The highest BCUT2D eigenvalue weighted by Crippen LogP contribution is 2.22. The van der Waals surface area contributed by atoms with E-state index in [0.29, 0.717) is 17.7 Å². The molecule has 0 bridgehead atoms. The Balaban J connectivity index is 2.85. The topological polar surface area (TPSA) is 83.5 Å². The summed E-state index contributed by atoms with van der Waals surface area (Å²) in [5, 5.41) is 8.60. The van der Waals surface area contributed by atoms with Gasteiger partial charge in [-0.15, -0.1) is 0 Å². The van der Waals surface area contributed by atoms with Gasteiger partial charge in [-0.1, -0.05) is 17.7 Å². The number of hydrogen-bond donors (Lipinski definition) is 2. The molecule has 1 rings (SSSR count). The van der Waals surface area contributed by atoms with Gasteiger partial charge in [-0.05, 0) is 51.7 Å². The van der Waals surface area contributed by atoms with Gasteiger partial charge in [-0.25, -0.2) is 13.1 Å². The second kappa shape index (κ2) is 7.04. The van der Waals surface area contributed by atoms with Gasteiger partial charge in [0.2, 0.25) is 10.0 Å². The number of aryl methyl sites for hydroxylation is 3. The summed E-state index contributed by atoms with van der Waals surface area (Å²) >= 11 is 0. The van der Waals surface area contributed by atoms with Crippen molar-refractivity contribution in [2.75, 3.05) is 0 Å². The monoisotopic (exact) mass is 313 g/mol. The molecule has 1 aromatic carbocycles. The molecule has 0 saturated heterocycles. The molecule has 0 fully saturated rings. The van der Waals surface area contributed by atoms with E-state index in [1.54, 1.807) is 20.8 Å². The van der Waals surface area contributed by atoms with E-state index in [1.807, 2.05) is 19.1 Å². The van der Waals surface area contributed by atoms with Crippen LogP contribution in [0.5, 0.6) is 0 Å². The summed E-state index contributed by atoms with van der Waals surface area (Å²) in [6.45, 7) is 7.24. The van der Waals surface area contributed by atoms with Gasteiger partial charge in [-0.2, -0.15) is 0 Å². The van der Waals surface area contributed by atoms with Crippen molar-refractivity contribution >= 4 is 16.0 Å². The molecule has 0 aliphatic rings. The normalized spacial score (nSPS) is 13.1. The van der Waals surface area contributed by atoms with Gasteiger partial charge >= 0.3 is 5.97 Å². The second-order valence-electron chi connectivity index (χ2n) is 5.54. The zero-order valence-electron chi connectivity index (χ0n) is 12.9. The van der Waals surface area contributed by atoms with E-state index in [-0.39, 0.29) is 12.5 Å². The standard InChI is InChI=1S/C15H23NO4S/c1-10-8-11(2)15(12(3)9-10)21(19,20)16-13(4)6-5-7-14(17)18/h8-9,13,16H,5-7H2,1-4H3,(H,17,18). The molecule has 0 heterocycles. The Kier molecular flexibility index (Phi) is 5.92. The highest BCUT2D eigenvalue weighted by Gasteiger charge is 2.21. The largest absolute Gasteiger partial charge is 0.481 e. The molecule has 2 N–H and O–H groups in total. The number of nitrogens with one attached hydrogen (secondary N) is 1. The molecule has 118 valence electrons. The van der Waals surface area contributed by atoms with Crippen LogP contribution in [-0.2, 0) is 14.8 Å². The maximum absolute atomic E-state index is 12.5. The molecule has 0 radical (unpaired) electrons. The first-order valence-corrected chi connectivity index (χ1v) is 8.44. The lowest BCUT2D eigenvalue weighted by Gasteiger charge is -2.17. The maximum atomic E-state index is 12.5. The average Bonchev–Trinajstić information content (AvgIpc) is 2.24. The highest BCUT2D eigenvalue weighted by atomic mass is 32.2. The smallest absolute Gasteiger partial charge is 0.303 e. The van der Waals surface area contributed by atoms with Gasteiger partial charge in [0.25, 0.3) is 0 Å². The number of carboxylic acid groups (broad SMARTS) is 1. The van der Waals surface area contributed by atoms with Crippen LogP contribution >= 0.6 is 0 Å². The lowest BCUT2D eigenvalue weighted by molar-refractivity contribution is -0.137. The number of rotatable bonds is 7. The van der Waals surface area contributed by atoms with E-state index in [4.69, 9.17) is 5.11 Å². The predicted octanol–water partition coefficient (Wildman–Crippen LogP) is 2.53. The number of benzene rings is 1. The van der Waals surface area contributed by atoms with Crippen molar-refractivity contribution in [3.63, 3.8) is 0 Å². The van der Waals surface area contributed by atoms with Crippen LogP contribution in [0.3, 0.4) is 0 Å². The molecule has 5 nitrogen and oxygen atoms in total. The predicted molar refractivity (Wildman–Crippen MR) is 81.9 cm³/mol. The SMILES string of the molecule is Cc1cc(C)c(S(=O)(=O)NC(C)CCCC(=O)O)c(C)c1. The third-order valence-electron chi connectivity index (χ3n) is 3.26. The van der Waals surface area contributed by atoms with E-state index >= 15 is 0 Å². The van der Waals surface area contributed by atoms with Gasteiger partial charge in [0.1, 0.15) is 0 Å². The lowest BCUT2D eigenvalue weighted by atomic mass is 10.1. The molecule has 1 unspecified atom stereocenters. The minimum Gasteiger partial charge on any atom is -0.481 e. The van der Waals surface area contributed by atoms with E-state index in [1.165, 1.54) is 0 Å². The summed E-state index contributed by atoms with van der Waals surface area (Å²) in [5.74, 6) is -0.865. The van der Waals surface area contributed by atoms with Crippen molar-refractivity contribution in [2.24, 2.45) is 0 Å². The zero-order chi connectivity index (χ0) is 16.2. The fourth-order valence-electron chi connectivity index (χ4n) is 2.53. The first-order valence-electron chi connectivity index (χ1n) is 6.95. The fraction of sp³-hybridized carbons (Fsp3) is 0.533. The van der Waals surface area contributed by atoms with Crippen LogP contribution in [0.1, 0.15) is 42.9 Å². The summed E-state index contributed by atoms with van der Waals surface area (Å²) in [7, 11) is -3.59. The number of sulfonamides is 1. The van der Waals surface area contributed by atoms with Crippen LogP contribution in [0, 0.1) is 20.8 Å². The summed E-state index contributed by atoms with van der Waals surface area (Å²) in [4.78, 5) is 10.8. The van der Waals surface area contributed by atoms with Crippen molar-refractivity contribution < 1.29 is 18.3 Å². The summed E-state index contributed by atoms with van der Waals surface area (Å²) in [5.41, 5.74) is 2.47. The third kappa shape index (κ3) is 5.13. The van der Waals surface area contributed by atoms with E-state index in [2.05, 4.69) is 4.72 Å². The fourth-order valence-corrected chi connectivity index (χ4v) is 4.26. The van der Waals surface area contributed by atoms with Crippen LogP contribution in [0.4, 0.5) is 0 Å². The number of aliphatic carboxylic acids is 1. The van der Waals surface area contributed by atoms with Crippen LogP contribution in [0.25, 0.3) is 0 Å². The van der Waals surface area contributed by atoms with Crippen LogP contribution < -0.4 is 4.72 Å². The van der Waals surface area contributed by atoms with Gasteiger partial charge < -0.3 is 5.11 Å². The van der Waals surface area contributed by atoms with Crippen molar-refractivity contribution in [3.8, 4) is 0 Å². The Morgan fingerprint density at radius 3 is 2.24 bits per heavy atom. The van der Waals surface area contributed by atoms with E-state index in [9.17, 15) is 13.2 Å². The summed E-state index contributed by atoms with van der Waals surface area (Å²) in [6, 6.07) is 3.39. The van der Waals surface area contributed by atoms with Crippen LogP contribution in [0.2, 0.25) is 0 Å². The number of hydrogen-bond acceptors (Lipinski definition) is 3. The van der Waals surface area contributed by atoms with Crippen molar-refractivity contribution in [1.82, 2.24) is 4.72 Å². The molecular weight excluding hydrogens is 290 g/mol. The van der Waals surface area contributed by atoms with Crippen molar-refractivity contribution in [3.05, 3.63) is 28.8 Å². The molecule has 1 aromatic rings. The van der Waals surface area contributed by atoms with Crippen LogP contribution in [-0.4, -0.2) is 25.5 Å². The van der Waals surface area contributed by atoms with Gasteiger partial charge in [0, 0.05) is 12.5 Å². The molecule has 6 heteroatoms. The maximum Gasteiger partial charge on any atom is 0.303 e. The molecular formula is C15H23NO4S. The Morgan fingerprint density at radius 1 is 1.24 bits per heavy atom. The second-order valence-corrected chi connectivity index (χ2v) is 7.19. The Morgan fingerprint density at radius 2 is 1.76 bits per heavy atom. The van der Waals surface area contributed by atoms with Gasteiger partial charge in [-0.3, -0.25) is 4.79 Å². The Labute approximate surface area is 126 Å². The molecule has 0 amide bonds.